The van der Waals surface area contributed by atoms with Gasteiger partial charge in [-0.2, -0.15) is 0 Å². The summed E-state index contributed by atoms with van der Waals surface area (Å²) >= 11 is 2.68. The van der Waals surface area contributed by atoms with Gasteiger partial charge in [0.2, 0.25) is 17.7 Å². The summed E-state index contributed by atoms with van der Waals surface area (Å²) in [5.41, 5.74) is 1.92. The number of fused-ring (bicyclic) bond motifs is 1. The fourth-order valence-electron chi connectivity index (χ4n) is 3.79. The molecule has 2 N–H and O–H groups in total. The highest BCUT2D eigenvalue weighted by Gasteiger charge is 2.31. The van der Waals surface area contributed by atoms with Crippen molar-refractivity contribution in [2.75, 3.05) is 24.3 Å². The number of hydrogen-bond acceptors (Lipinski definition) is 7. The summed E-state index contributed by atoms with van der Waals surface area (Å²) in [7, 11) is 1.32. The average molecular weight is 502 g/mol. The molecule has 4 rings (SSSR count). The Morgan fingerprint density at radius 1 is 1.21 bits per heavy atom. The van der Waals surface area contributed by atoms with Crippen LogP contribution in [0.3, 0.4) is 0 Å². The van der Waals surface area contributed by atoms with Gasteiger partial charge in [0.15, 0.2) is 0 Å². The van der Waals surface area contributed by atoms with Gasteiger partial charge in [0.25, 0.3) is 0 Å². The number of carbonyl (C=O) groups excluding carboxylic acids is 4. The highest BCUT2D eigenvalue weighted by Crippen LogP contribution is 2.38. The van der Waals surface area contributed by atoms with E-state index in [0.29, 0.717) is 35.8 Å². The van der Waals surface area contributed by atoms with Gasteiger partial charge in [-0.05, 0) is 49.9 Å². The Labute approximate surface area is 206 Å². The summed E-state index contributed by atoms with van der Waals surface area (Å²) in [6.45, 7) is 4.25. The number of amides is 3. The van der Waals surface area contributed by atoms with Crippen molar-refractivity contribution in [3.8, 4) is 0 Å². The molecule has 10 heteroatoms. The standard InChI is InChI=1S/C24H27N3O5S2/c1-13(33-17-6-4-5-16(11-17)25-22(30)15-7-8-15)21(29)26-23-20(24(31)32-3)18-9-10-27(14(2)28)12-19(18)34-23/h4-6,11,13,15H,7-10,12H2,1-3H3,(H,25,30)(H,26,29). The van der Waals surface area contributed by atoms with Crippen LogP contribution in [-0.4, -0.2) is 47.5 Å². The third-order valence-electron chi connectivity index (χ3n) is 5.86. The summed E-state index contributed by atoms with van der Waals surface area (Å²) in [6, 6.07) is 7.42. The van der Waals surface area contributed by atoms with Crippen LogP contribution in [0.5, 0.6) is 0 Å². The molecule has 1 aromatic heterocycles. The van der Waals surface area contributed by atoms with Crippen LogP contribution in [0.25, 0.3) is 0 Å². The van der Waals surface area contributed by atoms with E-state index < -0.39 is 11.2 Å². The van der Waals surface area contributed by atoms with E-state index in [1.807, 2.05) is 24.3 Å². The first-order valence-electron chi connectivity index (χ1n) is 11.1. The lowest BCUT2D eigenvalue weighted by atomic mass is 10.0. The molecule has 8 nitrogen and oxygen atoms in total. The minimum atomic E-state index is -0.497. The van der Waals surface area contributed by atoms with E-state index >= 15 is 0 Å². The Kier molecular flexibility index (Phi) is 7.27. The number of methoxy groups -OCH3 is 1. The van der Waals surface area contributed by atoms with Crippen molar-refractivity contribution in [2.45, 2.75) is 49.8 Å². The molecular weight excluding hydrogens is 474 g/mol. The highest BCUT2D eigenvalue weighted by atomic mass is 32.2. The van der Waals surface area contributed by atoms with Crippen LogP contribution in [0.2, 0.25) is 0 Å². The number of benzene rings is 1. The lowest BCUT2D eigenvalue weighted by Crippen LogP contribution is -2.33. The van der Waals surface area contributed by atoms with Gasteiger partial charge in [0.1, 0.15) is 5.00 Å². The van der Waals surface area contributed by atoms with E-state index in [1.54, 1.807) is 11.8 Å². The number of ether oxygens (including phenoxy) is 1. The van der Waals surface area contributed by atoms with E-state index in [1.165, 1.54) is 37.1 Å². The fraction of sp³-hybridized carbons (Fsp3) is 0.417. The lowest BCUT2D eigenvalue weighted by Gasteiger charge is -2.25. The number of nitrogens with one attached hydrogen (secondary N) is 2. The molecule has 0 bridgehead atoms. The van der Waals surface area contributed by atoms with Gasteiger partial charge >= 0.3 is 5.97 Å². The number of nitrogens with zero attached hydrogens (tertiary/aromatic N) is 1. The van der Waals surface area contributed by atoms with E-state index in [2.05, 4.69) is 10.6 Å². The Morgan fingerprint density at radius 3 is 2.65 bits per heavy atom. The maximum absolute atomic E-state index is 13.0. The Balaban J connectivity index is 1.46. The largest absolute Gasteiger partial charge is 0.465 e. The van der Waals surface area contributed by atoms with Gasteiger partial charge in [-0.25, -0.2) is 4.79 Å². The van der Waals surface area contributed by atoms with E-state index in [-0.39, 0.29) is 23.6 Å². The van der Waals surface area contributed by atoms with Gasteiger partial charge in [-0.3, -0.25) is 14.4 Å². The van der Waals surface area contributed by atoms with Crippen LogP contribution < -0.4 is 10.6 Å². The maximum Gasteiger partial charge on any atom is 0.341 e. The zero-order chi connectivity index (χ0) is 24.4. The van der Waals surface area contributed by atoms with Gasteiger partial charge < -0.3 is 20.3 Å². The first-order valence-corrected chi connectivity index (χ1v) is 12.8. The number of rotatable bonds is 7. The molecule has 2 aromatic rings. The summed E-state index contributed by atoms with van der Waals surface area (Å²) < 4.78 is 4.98. The number of thiophene rings is 1. The predicted octanol–water partition coefficient (Wildman–Crippen LogP) is 3.91. The second kappa shape index (κ2) is 10.2. The highest BCUT2D eigenvalue weighted by molar-refractivity contribution is 8.00. The molecule has 1 fully saturated rings. The van der Waals surface area contributed by atoms with Gasteiger partial charge in [-0.1, -0.05) is 6.07 Å². The van der Waals surface area contributed by atoms with Crippen LogP contribution >= 0.6 is 23.1 Å². The minimum absolute atomic E-state index is 0.0233. The first kappa shape index (κ1) is 24.3. The monoisotopic (exact) mass is 501 g/mol. The molecule has 2 heterocycles. The summed E-state index contributed by atoms with van der Waals surface area (Å²) in [4.78, 5) is 52.8. The molecule has 1 atom stereocenters. The molecule has 1 unspecified atom stereocenters. The zero-order valence-electron chi connectivity index (χ0n) is 19.3. The molecule has 3 amide bonds. The zero-order valence-corrected chi connectivity index (χ0v) is 20.9. The number of anilines is 2. The van der Waals surface area contributed by atoms with Crippen molar-refractivity contribution in [3.05, 3.63) is 40.3 Å². The maximum atomic E-state index is 13.0. The topological polar surface area (TPSA) is 105 Å². The third-order valence-corrected chi connectivity index (χ3v) is 8.09. The minimum Gasteiger partial charge on any atom is -0.465 e. The number of hydrogen-bond donors (Lipinski definition) is 2. The molecule has 0 spiro atoms. The van der Waals surface area contributed by atoms with Crippen molar-refractivity contribution >= 4 is 57.5 Å². The quantitative estimate of drug-likeness (QED) is 0.440. The van der Waals surface area contributed by atoms with Crippen LogP contribution in [0.15, 0.2) is 29.2 Å². The van der Waals surface area contributed by atoms with Crippen molar-refractivity contribution in [1.29, 1.82) is 0 Å². The van der Waals surface area contributed by atoms with Crippen LogP contribution in [0.4, 0.5) is 10.7 Å². The molecule has 0 radical (unpaired) electrons. The number of esters is 1. The third kappa shape index (κ3) is 5.44. The molecule has 0 saturated heterocycles. The number of carbonyl (C=O) groups is 4. The van der Waals surface area contributed by atoms with Crippen LogP contribution in [0.1, 0.15) is 47.5 Å². The Hall–Kier alpha value is -2.85. The molecule has 34 heavy (non-hydrogen) atoms. The SMILES string of the molecule is COC(=O)c1c(NC(=O)C(C)Sc2cccc(NC(=O)C3CC3)c2)sc2c1CCN(C(C)=O)C2. The Morgan fingerprint density at radius 2 is 1.97 bits per heavy atom. The van der Waals surface area contributed by atoms with Crippen molar-refractivity contribution < 1.29 is 23.9 Å². The number of thioether (sulfide) groups is 1. The lowest BCUT2D eigenvalue weighted by molar-refractivity contribution is -0.129. The second-order valence-electron chi connectivity index (χ2n) is 8.43. The van der Waals surface area contributed by atoms with E-state index in [0.717, 1.165) is 28.2 Å². The van der Waals surface area contributed by atoms with E-state index in [4.69, 9.17) is 4.74 Å². The van der Waals surface area contributed by atoms with E-state index in [9.17, 15) is 19.2 Å². The van der Waals surface area contributed by atoms with Crippen molar-refractivity contribution in [1.82, 2.24) is 4.90 Å². The molecular formula is C24H27N3O5S2. The summed E-state index contributed by atoms with van der Waals surface area (Å²) in [5.74, 6) is -0.615. The van der Waals surface area contributed by atoms with Gasteiger partial charge in [0.05, 0.1) is 24.5 Å². The van der Waals surface area contributed by atoms with Crippen LogP contribution in [0, 0.1) is 5.92 Å². The van der Waals surface area contributed by atoms with Crippen molar-refractivity contribution in [3.63, 3.8) is 0 Å². The molecule has 1 aliphatic carbocycles. The molecule has 180 valence electrons. The normalized spacial score (nSPS) is 15.8. The fourth-order valence-corrected chi connectivity index (χ4v) is 5.97. The van der Waals surface area contributed by atoms with Gasteiger partial charge in [-0.15, -0.1) is 23.1 Å². The molecule has 1 aliphatic heterocycles. The van der Waals surface area contributed by atoms with Crippen molar-refractivity contribution in [2.24, 2.45) is 5.92 Å². The van der Waals surface area contributed by atoms with Crippen LogP contribution in [-0.2, 0) is 32.1 Å². The molecule has 1 aromatic carbocycles. The second-order valence-corrected chi connectivity index (χ2v) is 11.0. The molecule has 2 aliphatic rings. The Bertz CT molecular complexity index is 1140. The molecule has 1 saturated carbocycles. The summed E-state index contributed by atoms with van der Waals surface area (Å²) in [6.07, 6.45) is 2.41. The first-order chi connectivity index (χ1) is 16.3. The average Bonchev–Trinajstić information content (AvgIpc) is 3.60. The van der Waals surface area contributed by atoms with Gasteiger partial charge in [0, 0.05) is 34.8 Å². The smallest absolute Gasteiger partial charge is 0.341 e. The predicted molar refractivity (Wildman–Crippen MR) is 132 cm³/mol. The summed E-state index contributed by atoms with van der Waals surface area (Å²) in [5, 5.41) is 5.82.